The molecule has 6 heteroatoms. The molecule has 1 heterocycles. The van der Waals surface area contributed by atoms with E-state index in [0.29, 0.717) is 18.9 Å². The van der Waals surface area contributed by atoms with Crippen molar-refractivity contribution in [3.63, 3.8) is 0 Å². The van der Waals surface area contributed by atoms with Crippen LogP contribution in [-0.4, -0.2) is 42.9 Å². The van der Waals surface area contributed by atoms with Gasteiger partial charge in [-0.1, -0.05) is 0 Å². The predicted molar refractivity (Wildman–Crippen MR) is 87.1 cm³/mol. The quantitative estimate of drug-likeness (QED) is 0.753. The molecule has 23 heavy (non-hydrogen) atoms. The maximum absolute atomic E-state index is 12.1. The summed E-state index contributed by atoms with van der Waals surface area (Å²) >= 11 is 0. The smallest absolute Gasteiger partial charge is 0.407 e. The molecule has 2 aliphatic rings. The van der Waals surface area contributed by atoms with E-state index in [-0.39, 0.29) is 18.1 Å². The molecule has 0 aromatic carbocycles. The molecule has 0 bridgehead atoms. The average Bonchev–Trinajstić information content (AvgIpc) is 3.15. The zero-order valence-electron chi connectivity index (χ0n) is 14.5. The Morgan fingerprint density at radius 2 is 2.00 bits per heavy atom. The van der Waals surface area contributed by atoms with Crippen molar-refractivity contribution >= 4 is 12.0 Å². The molecule has 2 fully saturated rings. The fourth-order valence-corrected chi connectivity index (χ4v) is 2.78. The molecular weight excluding hydrogens is 296 g/mol. The molecule has 1 aliphatic heterocycles. The first kappa shape index (κ1) is 18.0. The highest BCUT2D eigenvalue weighted by Crippen LogP contribution is 2.32. The maximum atomic E-state index is 12.1. The van der Waals surface area contributed by atoms with Crippen LogP contribution < -0.4 is 10.6 Å². The van der Waals surface area contributed by atoms with Crippen molar-refractivity contribution in [2.24, 2.45) is 5.92 Å². The maximum Gasteiger partial charge on any atom is 0.407 e. The summed E-state index contributed by atoms with van der Waals surface area (Å²) in [7, 11) is 0. The summed E-state index contributed by atoms with van der Waals surface area (Å²) < 4.78 is 10.8. The lowest BCUT2D eigenvalue weighted by atomic mass is 10.1. The highest BCUT2D eigenvalue weighted by Gasteiger charge is 2.33. The molecule has 0 unspecified atom stereocenters. The Labute approximate surface area is 138 Å². The SMILES string of the molecule is CC(C)(C)OC(=O)NC[C@H](NC(=O)CC[C@@H]1CCCO1)C1CC1. The second kappa shape index (κ2) is 7.99. The van der Waals surface area contributed by atoms with Gasteiger partial charge in [0.2, 0.25) is 5.91 Å². The van der Waals surface area contributed by atoms with Crippen LogP contribution in [-0.2, 0) is 14.3 Å². The van der Waals surface area contributed by atoms with Gasteiger partial charge in [0.25, 0.3) is 0 Å². The number of alkyl carbamates (subject to hydrolysis) is 1. The molecular formula is C17H30N2O4. The Morgan fingerprint density at radius 1 is 1.26 bits per heavy atom. The van der Waals surface area contributed by atoms with Crippen molar-refractivity contribution in [3.05, 3.63) is 0 Å². The summed E-state index contributed by atoms with van der Waals surface area (Å²) in [5.74, 6) is 0.514. The summed E-state index contributed by atoms with van der Waals surface area (Å²) in [5, 5.41) is 5.82. The topological polar surface area (TPSA) is 76.7 Å². The van der Waals surface area contributed by atoms with Crippen LogP contribution in [0.2, 0.25) is 0 Å². The Morgan fingerprint density at radius 3 is 2.57 bits per heavy atom. The van der Waals surface area contributed by atoms with Crippen LogP contribution in [0.5, 0.6) is 0 Å². The molecule has 0 aromatic rings. The van der Waals surface area contributed by atoms with E-state index in [9.17, 15) is 9.59 Å². The van der Waals surface area contributed by atoms with Gasteiger partial charge in [-0.3, -0.25) is 4.79 Å². The molecule has 6 nitrogen and oxygen atoms in total. The largest absolute Gasteiger partial charge is 0.444 e. The standard InChI is InChI=1S/C17H30N2O4/c1-17(2,3)23-16(21)18-11-14(12-6-7-12)19-15(20)9-8-13-5-4-10-22-13/h12-14H,4-11H2,1-3H3,(H,18,21)(H,19,20)/t13-,14-/m0/s1. The van der Waals surface area contributed by atoms with Crippen molar-refractivity contribution in [1.82, 2.24) is 10.6 Å². The van der Waals surface area contributed by atoms with Crippen molar-refractivity contribution in [2.75, 3.05) is 13.2 Å². The number of amides is 2. The lowest BCUT2D eigenvalue weighted by Gasteiger charge is -2.22. The van der Waals surface area contributed by atoms with E-state index in [0.717, 1.165) is 38.7 Å². The van der Waals surface area contributed by atoms with Gasteiger partial charge in [0, 0.05) is 25.6 Å². The van der Waals surface area contributed by atoms with E-state index in [1.165, 1.54) is 0 Å². The van der Waals surface area contributed by atoms with Crippen molar-refractivity contribution in [3.8, 4) is 0 Å². The van der Waals surface area contributed by atoms with E-state index in [1.54, 1.807) is 0 Å². The molecule has 2 rings (SSSR count). The van der Waals surface area contributed by atoms with Gasteiger partial charge in [-0.05, 0) is 58.8 Å². The fourth-order valence-electron chi connectivity index (χ4n) is 2.78. The van der Waals surface area contributed by atoms with Crippen LogP contribution >= 0.6 is 0 Å². The van der Waals surface area contributed by atoms with Crippen LogP contribution in [0.1, 0.15) is 59.3 Å². The van der Waals surface area contributed by atoms with Gasteiger partial charge in [0.1, 0.15) is 5.60 Å². The number of carbonyl (C=O) groups excluding carboxylic acids is 2. The van der Waals surface area contributed by atoms with Gasteiger partial charge in [-0.2, -0.15) is 0 Å². The van der Waals surface area contributed by atoms with Crippen LogP contribution in [0.15, 0.2) is 0 Å². The monoisotopic (exact) mass is 326 g/mol. The molecule has 0 spiro atoms. The van der Waals surface area contributed by atoms with Crippen LogP contribution in [0.25, 0.3) is 0 Å². The molecule has 0 radical (unpaired) electrons. The summed E-state index contributed by atoms with van der Waals surface area (Å²) in [6.07, 6.45) is 5.43. The fraction of sp³-hybridized carbons (Fsp3) is 0.882. The Hall–Kier alpha value is -1.30. The average molecular weight is 326 g/mol. The molecule has 1 saturated heterocycles. The normalized spacial score (nSPS) is 22.5. The predicted octanol–water partition coefficient (Wildman–Crippen LogP) is 2.37. The van der Waals surface area contributed by atoms with Gasteiger partial charge >= 0.3 is 6.09 Å². The van der Waals surface area contributed by atoms with Crippen LogP contribution in [0.4, 0.5) is 4.79 Å². The molecule has 2 atom stereocenters. The summed E-state index contributed by atoms with van der Waals surface area (Å²) in [4.78, 5) is 23.8. The molecule has 2 amide bonds. The number of rotatable bonds is 7. The van der Waals surface area contributed by atoms with Crippen molar-refractivity contribution in [2.45, 2.75) is 77.0 Å². The minimum Gasteiger partial charge on any atom is -0.444 e. The van der Waals surface area contributed by atoms with Gasteiger partial charge in [0.05, 0.1) is 6.10 Å². The molecule has 132 valence electrons. The molecule has 2 N–H and O–H groups in total. The van der Waals surface area contributed by atoms with Crippen molar-refractivity contribution < 1.29 is 19.1 Å². The molecule has 0 aromatic heterocycles. The molecule has 1 aliphatic carbocycles. The second-order valence-electron chi connectivity index (χ2n) is 7.57. The summed E-state index contributed by atoms with van der Waals surface area (Å²) in [6.45, 7) is 6.73. The van der Waals surface area contributed by atoms with E-state index < -0.39 is 11.7 Å². The van der Waals surface area contributed by atoms with Crippen LogP contribution in [0, 0.1) is 5.92 Å². The number of hydrogen-bond acceptors (Lipinski definition) is 4. The first-order valence-electron chi connectivity index (χ1n) is 8.71. The third kappa shape index (κ3) is 7.20. The van der Waals surface area contributed by atoms with Gasteiger partial charge in [-0.25, -0.2) is 4.79 Å². The minimum atomic E-state index is -0.510. The van der Waals surface area contributed by atoms with E-state index in [2.05, 4.69) is 10.6 Å². The van der Waals surface area contributed by atoms with Crippen LogP contribution in [0.3, 0.4) is 0 Å². The van der Waals surface area contributed by atoms with Crippen molar-refractivity contribution in [1.29, 1.82) is 0 Å². The first-order chi connectivity index (χ1) is 10.8. The number of ether oxygens (including phenoxy) is 2. The Bertz CT molecular complexity index is 409. The van der Waals surface area contributed by atoms with E-state index >= 15 is 0 Å². The minimum absolute atomic E-state index is 0.000449. The third-order valence-electron chi connectivity index (χ3n) is 4.12. The summed E-state index contributed by atoms with van der Waals surface area (Å²) in [5.41, 5.74) is -0.510. The van der Waals surface area contributed by atoms with E-state index in [4.69, 9.17) is 9.47 Å². The zero-order chi connectivity index (χ0) is 16.9. The Kier molecular flexibility index (Phi) is 6.27. The van der Waals surface area contributed by atoms with Gasteiger partial charge < -0.3 is 20.1 Å². The number of carbonyl (C=O) groups is 2. The lowest BCUT2D eigenvalue weighted by Crippen LogP contribution is -2.46. The lowest BCUT2D eigenvalue weighted by molar-refractivity contribution is -0.122. The number of hydrogen-bond donors (Lipinski definition) is 2. The number of nitrogens with one attached hydrogen (secondary N) is 2. The summed E-state index contributed by atoms with van der Waals surface area (Å²) in [6, 6.07) is -0.000449. The highest BCUT2D eigenvalue weighted by atomic mass is 16.6. The second-order valence-corrected chi connectivity index (χ2v) is 7.57. The third-order valence-corrected chi connectivity index (χ3v) is 4.12. The Balaban J connectivity index is 1.68. The molecule has 1 saturated carbocycles. The zero-order valence-corrected chi connectivity index (χ0v) is 14.5. The highest BCUT2D eigenvalue weighted by molar-refractivity contribution is 5.76. The first-order valence-corrected chi connectivity index (χ1v) is 8.71. The van der Waals surface area contributed by atoms with Gasteiger partial charge in [-0.15, -0.1) is 0 Å². The van der Waals surface area contributed by atoms with Gasteiger partial charge in [0.15, 0.2) is 0 Å². The van der Waals surface area contributed by atoms with E-state index in [1.807, 2.05) is 20.8 Å².